The third-order valence-corrected chi connectivity index (χ3v) is 7.99. The standard InChI is InChI=1S/C22H26N6O7S/c29-27(30)18-5-6-19(22(15-18)36(33,34)26-8-2-1-3-9-26)24-23-16-17-4-7-20(21(14-17)28(31)32)25-10-12-35-13-11-25/h4-7,14-16,24H,1-3,8-13H2. The van der Waals surface area contributed by atoms with E-state index < -0.39 is 19.9 Å². The highest BCUT2D eigenvalue weighted by atomic mass is 32.2. The van der Waals surface area contributed by atoms with Gasteiger partial charge >= 0.3 is 0 Å². The van der Waals surface area contributed by atoms with Gasteiger partial charge < -0.3 is 9.64 Å². The van der Waals surface area contributed by atoms with Gasteiger partial charge in [0.15, 0.2) is 0 Å². The van der Waals surface area contributed by atoms with E-state index in [4.69, 9.17) is 4.74 Å². The minimum Gasteiger partial charge on any atom is -0.378 e. The number of nitrogens with one attached hydrogen (secondary N) is 1. The van der Waals surface area contributed by atoms with Gasteiger partial charge in [0.25, 0.3) is 11.4 Å². The first kappa shape index (κ1) is 25.5. The number of hydrogen-bond acceptors (Lipinski definition) is 10. The molecule has 0 radical (unpaired) electrons. The molecule has 13 nitrogen and oxygen atoms in total. The molecule has 14 heteroatoms. The number of ether oxygens (including phenoxy) is 1. The molecule has 0 atom stereocenters. The van der Waals surface area contributed by atoms with Gasteiger partial charge in [0, 0.05) is 49.9 Å². The first-order valence-electron chi connectivity index (χ1n) is 11.5. The van der Waals surface area contributed by atoms with Crippen LogP contribution >= 0.6 is 0 Å². The fourth-order valence-corrected chi connectivity index (χ4v) is 5.87. The van der Waals surface area contributed by atoms with Crippen LogP contribution in [0.25, 0.3) is 0 Å². The van der Waals surface area contributed by atoms with Gasteiger partial charge in [-0.2, -0.15) is 9.41 Å². The van der Waals surface area contributed by atoms with Crippen molar-refractivity contribution in [1.82, 2.24) is 4.31 Å². The molecule has 4 rings (SSSR count). The first-order valence-corrected chi connectivity index (χ1v) is 12.9. The maximum Gasteiger partial charge on any atom is 0.293 e. The molecule has 36 heavy (non-hydrogen) atoms. The largest absolute Gasteiger partial charge is 0.378 e. The third-order valence-electron chi connectivity index (χ3n) is 6.06. The summed E-state index contributed by atoms with van der Waals surface area (Å²) in [4.78, 5) is 23.5. The number of nitro groups is 2. The molecule has 0 aromatic heterocycles. The van der Waals surface area contributed by atoms with Crippen LogP contribution in [0.5, 0.6) is 0 Å². The van der Waals surface area contributed by atoms with Crippen molar-refractivity contribution in [1.29, 1.82) is 0 Å². The quantitative estimate of drug-likeness (QED) is 0.315. The fraction of sp³-hybridized carbons (Fsp3) is 0.409. The van der Waals surface area contributed by atoms with Gasteiger partial charge in [-0.05, 0) is 25.0 Å². The lowest BCUT2D eigenvalue weighted by Crippen LogP contribution is -2.36. The summed E-state index contributed by atoms with van der Waals surface area (Å²) in [5.41, 5.74) is 3.19. The lowest BCUT2D eigenvalue weighted by Gasteiger charge is -2.28. The van der Waals surface area contributed by atoms with Gasteiger partial charge in [0.05, 0.1) is 35.0 Å². The van der Waals surface area contributed by atoms with Gasteiger partial charge in [-0.3, -0.25) is 25.7 Å². The predicted octanol–water partition coefficient (Wildman–Crippen LogP) is 2.96. The van der Waals surface area contributed by atoms with Crippen LogP contribution in [0.4, 0.5) is 22.7 Å². The molecule has 2 aromatic carbocycles. The van der Waals surface area contributed by atoms with E-state index in [0.717, 1.165) is 12.5 Å². The number of nitrogens with zero attached hydrogens (tertiary/aromatic N) is 5. The molecule has 0 aliphatic carbocycles. The first-order chi connectivity index (χ1) is 17.3. The van der Waals surface area contributed by atoms with E-state index in [2.05, 4.69) is 10.5 Å². The Hall–Kier alpha value is -3.62. The molecule has 0 amide bonds. The fourth-order valence-electron chi connectivity index (χ4n) is 4.19. The van der Waals surface area contributed by atoms with E-state index in [1.807, 2.05) is 4.90 Å². The number of non-ortho nitro benzene ring substituents is 1. The number of hydrazone groups is 1. The number of sulfonamides is 1. The lowest BCUT2D eigenvalue weighted by molar-refractivity contribution is -0.385. The Morgan fingerprint density at radius 2 is 1.67 bits per heavy atom. The number of piperidine rings is 1. The maximum absolute atomic E-state index is 13.2. The summed E-state index contributed by atoms with van der Waals surface area (Å²) in [5.74, 6) is 0. The van der Waals surface area contributed by atoms with Crippen molar-refractivity contribution in [3.8, 4) is 0 Å². The van der Waals surface area contributed by atoms with Crippen LogP contribution in [0.2, 0.25) is 0 Å². The molecular weight excluding hydrogens is 492 g/mol. The molecular formula is C22H26N6O7S. The Bertz CT molecular complexity index is 1270. The van der Waals surface area contributed by atoms with Gasteiger partial charge in [0.1, 0.15) is 10.6 Å². The second kappa shape index (κ2) is 11.0. The molecule has 192 valence electrons. The van der Waals surface area contributed by atoms with Crippen LogP contribution < -0.4 is 10.3 Å². The van der Waals surface area contributed by atoms with Crippen molar-refractivity contribution in [2.24, 2.45) is 5.10 Å². The summed E-state index contributed by atoms with van der Waals surface area (Å²) in [6, 6.07) is 8.19. The zero-order valence-corrected chi connectivity index (χ0v) is 20.2. The second-order valence-electron chi connectivity index (χ2n) is 8.38. The molecule has 0 bridgehead atoms. The van der Waals surface area contributed by atoms with E-state index in [0.29, 0.717) is 63.5 Å². The second-order valence-corrected chi connectivity index (χ2v) is 10.3. The molecule has 2 saturated heterocycles. The molecule has 2 fully saturated rings. The van der Waals surface area contributed by atoms with Crippen molar-refractivity contribution in [2.75, 3.05) is 49.7 Å². The third kappa shape index (κ3) is 5.61. The van der Waals surface area contributed by atoms with Crippen LogP contribution in [0.3, 0.4) is 0 Å². The Morgan fingerprint density at radius 3 is 2.33 bits per heavy atom. The highest BCUT2D eigenvalue weighted by molar-refractivity contribution is 7.89. The number of nitro benzene ring substituents is 2. The van der Waals surface area contributed by atoms with Crippen LogP contribution in [0.1, 0.15) is 24.8 Å². The molecule has 0 unspecified atom stereocenters. The minimum atomic E-state index is -3.99. The topological polar surface area (TPSA) is 161 Å². The van der Waals surface area contributed by atoms with Gasteiger partial charge in [-0.25, -0.2) is 8.42 Å². The average Bonchev–Trinajstić information content (AvgIpc) is 2.89. The summed E-state index contributed by atoms with van der Waals surface area (Å²) in [6.45, 7) is 2.75. The summed E-state index contributed by atoms with van der Waals surface area (Å²) >= 11 is 0. The van der Waals surface area contributed by atoms with Crippen LogP contribution in [0.15, 0.2) is 46.4 Å². The highest BCUT2D eigenvalue weighted by Gasteiger charge is 2.30. The Kier molecular flexibility index (Phi) is 7.76. The number of rotatable bonds is 8. The number of anilines is 2. The molecule has 2 aromatic rings. The maximum atomic E-state index is 13.2. The van der Waals surface area contributed by atoms with Crippen LogP contribution in [-0.4, -0.2) is 68.2 Å². The Labute approximate surface area is 207 Å². The van der Waals surface area contributed by atoms with E-state index in [9.17, 15) is 28.6 Å². The van der Waals surface area contributed by atoms with Crippen molar-refractivity contribution >= 4 is 39.0 Å². The smallest absolute Gasteiger partial charge is 0.293 e. The summed E-state index contributed by atoms with van der Waals surface area (Å²) in [6.07, 6.45) is 3.68. The molecule has 2 heterocycles. The molecule has 0 saturated carbocycles. The average molecular weight is 519 g/mol. The van der Waals surface area contributed by atoms with Crippen molar-refractivity contribution in [3.63, 3.8) is 0 Å². The molecule has 0 spiro atoms. The van der Waals surface area contributed by atoms with Gasteiger partial charge in [0.2, 0.25) is 10.0 Å². The van der Waals surface area contributed by atoms with Gasteiger partial charge in [-0.1, -0.05) is 12.5 Å². The van der Waals surface area contributed by atoms with Crippen LogP contribution in [-0.2, 0) is 14.8 Å². The number of benzene rings is 2. The number of morpholine rings is 1. The zero-order chi connectivity index (χ0) is 25.7. The Morgan fingerprint density at radius 1 is 0.944 bits per heavy atom. The van der Waals surface area contributed by atoms with Crippen LogP contribution in [0, 0.1) is 20.2 Å². The molecule has 2 aliphatic heterocycles. The molecule has 1 N–H and O–H groups in total. The van der Waals surface area contributed by atoms with Crippen molar-refractivity contribution < 1.29 is 23.0 Å². The van der Waals surface area contributed by atoms with E-state index >= 15 is 0 Å². The minimum absolute atomic E-state index is 0.0712. The number of hydrogen-bond donors (Lipinski definition) is 1. The summed E-state index contributed by atoms with van der Waals surface area (Å²) < 4.78 is 33.1. The van der Waals surface area contributed by atoms with E-state index in [1.54, 1.807) is 12.1 Å². The van der Waals surface area contributed by atoms with Crippen molar-refractivity contribution in [2.45, 2.75) is 24.2 Å². The van der Waals surface area contributed by atoms with E-state index in [1.165, 1.54) is 28.7 Å². The zero-order valence-electron chi connectivity index (χ0n) is 19.4. The normalized spacial score (nSPS) is 17.3. The summed E-state index contributed by atoms with van der Waals surface area (Å²) in [7, 11) is -3.99. The lowest BCUT2D eigenvalue weighted by atomic mass is 10.1. The monoisotopic (exact) mass is 518 g/mol. The van der Waals surface area contributed by atoms with Gasteiger partial charge in [-0.15, -0.1) is 0 Å². The molecule has 2 aliphatic rings. The predicted molar refractivity (Wildman–Crippen MR) is 133 cm³/mol. The van der Waals surface area contributed by atoms with E-state index in [-0.39, 0.29) is 22.0 Å². The van der Waals surface area contributed by atoms with Crippen molar-refractivity contribution in [3.05, 3.63) is 62.2 Å². The summed E-state index contributed by atoms with van der Waals surface area (Å²) in [5, 5.41) is 27.0. The Balaban J connectivity index is 1.60. The SMILES string of the molecule is O=[N+]([O-])c1ccc(NN=Cc2ccc(N3CCOCC3)c([N+](=O)[O-])c2)c(S(=O)(=O)N2CCCCC2)c1. The highest BCUT2D eigenvalue weighted by Crippen LogP contribution is 2.31.